The number of anilines is 1. The molecular weight excluding hydrogens is 382 g/mol. The third-order valence-electron chi connectivity index (χ3n) is 3.97. The predicted molar refractivity (Wildman–Crippen MR) is 92.7 cm³/mol. The Labute approximate surface area is 155 Å². The van der Waals surface area contributed by atoms with Crippen molar-refractivity contribution in [2.24, 2.45) is 0 Å². The smallest absolute Gasteiger partial charge is 0.406 e. The Morgan fingerprint density at radius 3 is 2.33 bits per heavy atom. The number of hydrogen-bond donors (Lipinski definition) is 0. The predicted octanol–water partition coefficient (Wildman–Crippen LogP) is 4.99. The maximum atomic E-state index is 13.2. The van der Waals surface area contributed by atoms with Gasteiger partial charge in [0.15, 0.2) is 0 Å². The lowest BCUT2D eigenvalue weighted by atomic mass is 9.99. The van der Waals surface area contributed by atoms with Gasteiger partial charge in [-0.15, -0.1) is 13.2 Å². The zero-order valence-corrected chi connectivity index (χ0v) is 14.4. The fourth-order valence-corrected chi connectivity index (χ4v) is 3.35. The monoisotopic (exact) mass is 393 g/mol. The summed E-state index contributed by atoms with van der Waals surface area (Å²) in [6, 6.07) is 11.6. The molecule has 9 heteroatoms. The molecule has 0 bridgehead atoms. The number of benzene rings is 2. The van der Waals surface area contributed by atoms with E-state index in [0.29, 0.717) is 12.2 Å². The number of nitrogens with zero attached hydrogens (tertiary/aromatic N) is 3. The highest BCUT2D eigenvalue weighted by molar-refractivity contribution is 6.99. The van der Waals surface area contributed by atoms with Crippen molar-refractivity contribution >= 4 is 23.0 Å². The quantitative estimate of drug-likeness (QED) is 0.588. The molecule has 2 heterocycles. The van der Waals surface area contributed by atoms with Crippen LogP contribution in [0.4, 0.5) is 23.2 Å². The maximum absolute atomic E-state index is 13.2. The standard InChI is InChI=1S/C18H11F4N3OS/c19-12-3-1-11(2-4-12)15-9-25(10-16-17(15)24-27-23-16)13-5-7-14(8-6-13)26-18(20,21)22/h1-9H,10H2. The molecule has 2 aromatic carbocycles. The highest BCUT2D eigenvalue weighted by Gasteiger charge is 2.31. The summed E-state index contributed by atoms with van der Waals surface area (Å²) in [4.78, 5) is 1.85. The van der Waals surface area contributed by atoms with Gasteiger partial charge in [0.2, 0.25) is 0 Å². The Balaban J connectivity index is 1.67. The Morgan fingerprint density at radius 1 is 0.963 bits per heavy atom. The van der Waals surface area contributed by atoms with Gasteiger partial charge in [0.05, 0.1) is 18.3 Å². The third kappa shape index (κ3) is 3.77. The Hall–Kier alpha value is -2.94. The van der Waals surface area contributed by atoms with Crippen LogP contribution >= 0.6 is 11.7 Å². The molecule has 1 aliphatic rings. The normalized spacial score (nSPS) is 13.9. The van der Waals surface area contributed by atoms with E-state index in [9.17, 15) is 17.6 Å². The summed E-state index contributed by atoms with van der Waals surface area (Å²) in [5.74, 6) is -0.633. The average Bonchev–Trinajstić information content (AvgIpc) is 3.09. The van der Waals surface area contributed by atoms with E-state index in [1.165, 1.54) is 36.4 Å². The van der Waals surface area contributed by atoms with Crippen molar-refractivity contribution in [3.05, 3.63) is 77.5 Å². The van der Waals surface area contributed by atoms with Crippen molar-refractivity contribution < 1.29 is 22.3 Å². The van der Waals surface area contributed by atoms with E-state index in [4.69, 9.17) is 0 Å². The van der Waals surface area contributed by atoms with Crippen LogP contribution in [0.2, 0.25) is 0 Å². The lowest BCUT2D eigenvalue weighted by molar-refractivity contribution is -0.274. The number of halogens is 4. The van der Waals surface area contributed by atoms with Crippen LogP contribution in [0.1, 0.15) is 17.0 Å². The van der Waals surface area contributed by atoms with Crippen molar-refractivity contribution in [1.82, 2.24) is 8.75 Å². The Kier molecular flexibility index (Phi) is 4.31. The van der Waals surface area contributed by atoms with Crippen LogP contribution in [0.25, 0.3) is 5.57 Å². The molecule has 0 saturated carbocycles. The summed E-state index contributed by atoms with van der Waals surface area (Å²) in [6.45, 7) is 0.427. The van der Waals surface area contributed by atoms with Gasteiger partial charge >= 0.3 is 6.36 Å². The van der Waals surface area contributed by atoms with Gasteiger partial charge in [0, 0.05) is 17.5 Å². The molecule has 0 spiro atoms. The summed E-state index contributed by atoms with van der Waals surface area (Å²) in [5.41, 5.74) is 3.67. The number of rotatable bonds is 3. The van der Waals surface area contributed by atoms with Gasteiger partial charge in [-0.1, -0.05) is 12.1 Å². The topological polar surface area (TPSA) is 38.2 Å². The second-order valence-electron chi connectivity index (χ2n) is 5.78. The van der Waals surface area contributed by atoms with Crippen LogP contribution in [0.5, 0.6) is 5.75 Å². The molecule has 0 N–H and O–H groups in total. The number of ether oxygens (including phenoxy) is 1. The van der Waals surface area contributed by atoms with E-state index >= 15 is 0 Å². The molecule has 0 unspecified atom stereocenters. The first kappa shape index (κ1) is 17.5. The minimum absolute atomic E-state index is 0.290. The molecule has 1 aromatic heterocycles. The van der Waals surface area contributed by atoms with Crippen LogP contribution in [0.15, 0.2) is 54.7 Å². The second kappa shape index (κ2) is 6.66. The molecule has 0 fully saturated rings. The molecule has 138 valence electrons. The first-order valence-electron chi connectivity index (χ1n) is 7.81. The lowest BCUT2D eigenvalue weighted by Gasteiger charge is -2.26. The van der Waals surface area contributed by atoms with Crippen molar-refractivity contribution in [3.63, 3.8) is 0 Å². The zero-order chi connectivity index (χ0) is 19.0. The van der Waals surface area contributed by atoms with Gasteiger partial charge in [0.25, 0.3) is 0 Å². The molecular formula is C18H11F4N3OS. The van der Waals surface area contributed by atoms with E-state index in [2.05, 4.69) is 13.5 Å². The number of fused-ring (bicyclic) bond motifs is 1. The molecule has 0 amide bonds. The van der Waals surface area contributed by atoms with Crippen molar-refractivity contribution in [2.45, 2.75) is 12.9 Å². The molecule has 0 aliphatic carbocycles. The van der Waals surface area contributed by atoms with E-state index in [1.54, 1.807) is 12.1 Å². The fraction of sp³-hybridized carbons (Fsp3) is 0.111. The fourth-order valence-electron chi connectivity index (χ4n) is 2.78. The van der Waals surface area contributed by atoms with Gasteiger partial charge in [-0.25, -0.2) is 4.39 Å². The largest absolute Gasteiger partial charge is 0.573 e. The lowest BCUT2D eigenvalue weighted by Crippen LogP contribution is -2.22. The summed E-state index contributed by atoms with van der Waals surface area (Å²) in [7, 11) is 0. The van der Waals surface area contributed by atoms with Gasteiger partial charge in [0.1, 0.15) is 23.0 Å². The van der Waals surface area contributed by atoms with Crippen molar-refractivity contribution in [1.29, 1.82) is 0 Å². The van der Waals surface area contributed by atoms with Crippen LogP contribution < -0.4 is 9.64 Å². The highest BCUT2D eigenvalue weighted by Crippen LogP contribution is 2.34. The third-order valence-corrected chi connectivity index (χ3v) is 4.54. The van der Waals surface area contributed by atoms with Crippen molar-refractivity contribution in [3.8, 4) is 5.75 Å². The summed E-state index contributed by atoms with van der Waals surface area (Å²) >= 11 is 1.08. The Bertz CT molecular complexity index is 981. The minimum atomic E-state index is -4.73. The highest BCUT2D eigenvalue weighted by atomic mass is 32.1. The summed E-state index contributed by atoms with van der Waals surface area (Å²) in [5, 5.41) is 0. The van der Waals surface area contributed by atoms with E-state index in [1.807, 2.05) is 11.1 Å². The van der Waals surface area contributed by atoms with Crippen LogP contribution in [0, 0.1) is 5.82 Å². The molecule has 1 aliphatic heterocycles. The molecule has 27 heavy (non-hydrogen) atoms. The summed E-state index contributed by atoms with van der Waals surface area (Å²) < 4.78 is 62.7. The van der Waals surface area contributed by atoms with Crippen LogP contribution in [-0.4, -0.2) is 15.1 Å². The van der Waals surface area contributed by atoms with Gasteiger partial charge in [-0.2, -0.15) is 8.75 Å². The maximum Gasteiger partial charge on any atom is 0.573 e. The van der Waals surface area contributed by atoms with E-state index in [-0.39, 0.29) is 11.6 Å². The Morgan fingerprint density at radius 2 is 1.67 bits per heavy atom. The van der Waals surface area contributed by atoms with E-state index in [0.717, 1.165) is 34.3 Å². The summed E-state index contributed by atoms with van der Waals surface area (Å²) in [6.07, 6.45) is -2.90. The first-order valence-corrected chi connectivity index (χ1v) is 8.54. The molecule has 0 atom stereocenters. The van der Waals surface area contributed by atoms with Crippen LogP contribution in [0.3, 0.4) is 0 Å². The van der Waals surface area contributed by atoms with Gasteiger partial charge < -0.3 is 9.64 Å². The second-order valence-corrected chi connectivity index (χ2v) is 6.31. The van der Waals surface area contributed by atoms with Gasteiger partial charge in [-0.3, -0.25) is 0 Å². The van der Waals surface area contributed by atoms with Crippen molar-refractivity contribution in [2.75, 3.05) is 4.90 Å². The van der Waals surface area contributed by atoms with E-state index < -0.39 is 6.36 Å². The van der Waals surface area contributed by atoms with Gasteiger partial charge in [-0.05, 0) is 42.0 Å². The minimum Gasteiger partial charge on any atom is -0.406 e. The number of aromatic nitrogens is 2. The molecule has 0 radical (unpaired) electrons. The SMILES string of the molecule is Fc1ccc(C2=CN(c3ccc(OC(F)(F)F)cc3)Cc3nsnc32)cc1. The number of alkyl halides is 3. The average molecular weight is 393 g/mol. The zero-order valence-electron chi connectivity index (χ0n) is 13.6. The molecule has 4 nitrogen and oxygen atoms in total. The molecule has 4 rings (SSSR count). The first-order chi connectivity index (χ1) is 12.9. The van der Waals surface area contributed by atoms with Crippen LogP contribution in [-0.2, 0) is 6.54 Å². The molecule has 3 aromatic rings. The molecule has 0 saturated heterocycles. The number of hydrogen-bond acceptors (Lipinski definition) is 5.